The molecule has 0 saturated heterocycles. The van der Waals surface area contributed by atoms with E-state index in [0.717, 1.165) is 0 Å². The van der Waals surface area contributed by atoms with Gasteiger partial charge in [0.05, 0.1) is 18.7 Å². The Labute approximate surface area is 104 Å². The topological polar surface area (TPSA) is 94.0 Å². The largest absolute Gasteiger partial charge is 0.479 e. The lowest BCUT2D eigenvalue weighted by molar-refractivity contribution is 0.391. The Morgan fingerprint density at radius 3 is 2.78 bits per heavy atom. The molecule has 90 valence electrons. The standard InChI is InChI=1S/C12H10N4O2/c1-17-11-10(14)12(16-7-15-11)18-9-4-2-3-8(5-9)6-13/h2-5,7H,14H2,1H3. The number of nitrogen functional groups attached to an aromatic ring is 1. The van der Waals surface area contributed by atoms with Crippen LogP contribution in [0, 0.1) is 11.3 Å². The molecule has 18 heavy (non-hydrogen) atoms. The Morgan fingerprint density at radius 1 is 1.28 bits per heavy atom. The van der Waals surface area contributed by atoms with Gasteiger partial charge in [-0.15, -0.1) is 0 Å². The molecule has 0 aliphatic heterocycles. The second-order valence-corrected chi connectivity index (χ2v) is 3.34. The average Bonchev–Trinajstić information content (AvgIpc) is 2.41. The van der Waals surface area contributed by atoms with Crippen LogP contribution < -0.4 is 15.2 Å². The Kier molecular flexibility index (Phi) is 3.25. The van der Waals surface area contributed by atoms with Crippen molar-refractivity contribution in [2.45, 2.75) is 0 Å². The first-order valence-electron chi connectivity index (χ1n) is 5.07. The number of ether oxygens (including phenoxy) is 2. The van der Waals surface area contributed by atoms with E-state index >= 15 is 0 Å². The third-order valence-corrected chi connectivity index (χ3v) is 2.18. The van der Waals surface area contributed by atoms with Crippen LogP contribution in [0.2, 0.25) is 0 Å². The van der Waals surface area contributed by atoms with Gasteiger partial charge in [0.1, 0.15) is 12.1 Å². The van der Waals surface area contributed by atoms with Gasteiger partial charge in [-0.2, -0.15) is 15.2 Å². The summed E-state index contributed by atoms with van der Waals surface area (Å²) in [7, 11) is 1.46. The number of nitriles is 1. The Hall–Kier alpha value is -2.81. The summed E-state index contributed by atoms with van der Waals surface area (Å²) in [6.07, 6.45) is 1.29. The van der Waals surface area contributed by atoms with E-state index in [1.54, 1.807) is 24.3 Å². The van der Waals surface area contributed by atoms with Gasteiger partial charge in [0, 0.05) is 0 Å². The second-order valence-electron chi connectivity index (χ2n) is 3.34. The van der Waals surface area contributed by atoms with Crippen molar-refractivity contribution in [1.82, 2.24) is 9.97 Å². The maximum atomic E-state index is 8.79. The molecule has 0 spiro atoms. The van der Waals surface area contributed by atoms with Crippen LogP contribution in [-0.4, -0.2) is 17.1 Å². The maximum absolute atomic E-state index is 8.79. The van der Waals surface area contributed by atoms with Gasteiger partial charge < -0.3 is 15.2 Å². The Bertz CT molecular complexity index is 607. The highest BCUT2D eigenvalue weighted by Gasteiger charge is 2.10. The summed E-state index contributed by atoms with van der Waals surface area (Å²) in [6.45, 7) is 0. The van der Waals surface area contributed by atoms with E-state index in [0.29, 0.717) is 11.3 Å². The lowest BCUT2D eigenvalue weighted by Gasteiger charge is -2.09. The van der Waals surface area contributed by atoms with Crippen molar-refractivity contribution in [3.8, 4) is 23.6 Å². The summed E-state index contributed by atoms with van der Waals surface area (Å²) in [5, 5.41) is 8.79. The third-order valence-electron chi connectivity index (χ3n) is 2.18. The van der Waals surface area contributed by atoms with E-state index in [1.165, 1.54) is 13.4 Å². The number of benzene rings is 1. The molecule has 2 rings (SSSR count). The molecule has 1 aromatic carbocycles. The SMILES string of the molecule is COc1ncnc(Oc2cccc(C#N)c2)c1N. The van der Waals surface area contributed by atoms with Crippen molar-refractivity contribution >= 4 is 5.69 Å². The lowest BCUT2D eigenvalue weighted by atomic mass is 10.2. The molecule has 0 unspecified atom stereocenters. The number of rotatable bonds is 3. The average molecular weight is 242 g/mol. The Morgan fingerprint density at radius 2 is 2.06 bits per heavy atom. The van der Waals surface area contributed by atoms with Crippen LogP contribution in [-0.2, 0) is 0 Å². The van der Waals surface area contributed by atoms with Gasteiger partial charge in [-0.3, -0.25) is 0 Å². The minimum Gasteiger partial charge on any atom is -0.479 e. The molecule has 2 N–H and O–H groups in total. The summed E-state index contributed by atoms with van der Waals surface area (Å²) in [5.41, 5.74) is 6.48. The quantitative estimate of drug-likeness (QED) is 0.880. The van der Waals surface area contributed by atoms with Crippen LogP contribution in [0.3, 0.4) is 0 Å². The highest BCUT2D eigenvalue weighted by molar-refractivity contribution is 5.56. The van der Waals surface area contributed by atoms with Crippen molar-refractivity contribution in [3.63, 3.8) is 0 Å². The zero-order valence-corrected chi connectivity index (χ0v) is 9.62. The summed E-state index contributed by atoms with van der Waals surface area (Å²) in [6, 6.07) is 8.70. The fourth-order valence-corrected chi connectivity index (χ4v) is 1.35. The van der Waals surface area contributed by atoms with Crippen molar-refractivity contribution in [1.29, 1.82) is 5.26 Å². The molecule has 6 heteroatoms. The molecule has 0 saturated carbocycles. The molecule has 1 aromatic heterocycles. The number of nitrogens with two attached hydrogens (primary N) is 1. The third kappa shape index (κ3) is 2.30. The second kappa shape index (κ2) is 5.01. The molecule has 0 amide bonds. The first kappa shape index (κ1) is 11.7. The molecule has 0 bridgehead atoms. The maximum Gasteiger partial charge on any atom is 0.249 e. The predicted octanol–water partition coefficient (Wildman–Crippen LogP) is 1.73. The van der Waals surface area contributed by atoms with E-state index in [9.17, 15) is 0 Å². The number of hydrogen-bond acceptors (Lipinski definition) is 6. The fourth-order valence-electron chi connectivity index (χ4n) is 1.35. The predicted molar refractivity (Wildman–Crippen MR) is 64.2 cm³/mol. The highest BCUT2D eigenvalue weighted by Crippen LogP contribution is 2.30. The van der Waals surface area contributed by atoms with Crippen LogP contribution >= 0.6 is 0 Å². The molecular formula is C12H10N4O2. The molecule has 0 atom stereocenters. The van der Waals surface area contributed by atoms with Gasteiger partial charge in [-0.05, 0) is 18.2 Å². The number of hydrogen-bond donors (Lipinski definition) is 1. The Balaban J connectivity index is 2.31. The van der Waals surface area contributed by atoms with Crippen LogP contribution in [0.1, 0.15) is 5.56 Å². The highest BCUT2D eigenvalue weighted by atomic mass is 16.5. The van der Waals surface area contributed by atoms with Gasteiger partial charge >= 0.3 is 0 Å². The molecule has 0 fully saturated rings. The number of methoxy groups -OCH3 is 1. The van der Waals surface area contributed by atoms with Crippen molar-refractivity contribution in [2.24, 2.45) is 0 Å². The summed E-state index contributed by atoms with van der Waals surface area (Å²) in [4.78, 5) is 7.76. The molecule has 6 nitrogen and oxygen atoms in total. The van der Waals surface area contributed by atoms with E-state index < -0.39 is 0 Å². The van der Waals surface area contributed by atoms with Crippen LogP contribution in [0.25, 0.3) is 0 Å². The zero-order valence-electron chi connectivity index (χ0n) is 9.62. The van der Waals surface area contributed by atoms with Crippen molar-refractivity contribution in [2.75, 3.05) is 12.8 Å². The molecule has 1 heterocycles. The summed E-state index contributed by atoms with van der Waals surface area (Å²) >= 11 is 0. The van der Waals surface area contributed by atoms with E-state index in [-0.39, 0.29) is 17.4 Å². The van der Waals surface area contributed by atoms with Crippen molar-refractivity contribution < 1.29 is 9.47 Å². The summed E-state index contributed by atoms with van der Waals surface area (Å²) in [5.74, 6) is 0.912. The monoisotopic (exact) mass is 242 g/mol. The fraction of sp³-hybridized carbons (Fsp3) is 0.0833. The first-order valence-corrected chi connectivity index (χ1v) is 5.07. The normalized spacial score (nSPS) is 9.56. The van der Waals surface area contributed by atoms with E-state index in [1.807, 2.05) is 6.07 Å². The molecular weight excluding hydrogens is 232 g/mol. The van der Waals surface area contributed by atoms with Crippen LogP contribution in [0.15, 0.2) is 30.6 Å². The smallest absolute Gasteiger partial charge is 0.249 e. The van der Waals surface area contributed by atoms with Gasteiger partial charge in [-0.25, -0.2) is 0 Å². The lowest BCUT2D eigenvalue weighted by Crippen LogP contribution is -2.00. The number of aromatic nitrogens is 2. The van der Waals surface area contributed by atoms with E-state index in [4.69, 9.17) is 20.5 Å². The van der Waals surface area contributed by atoms with Crippen LogP contribution in [0.4, 0.5) is 5.69 Å². The minimum atomic E-state index is 0.192. The number of anilines is 1. The van der Waals surface area contributed by atoms with Gasteiger partial charge in [0.2, 0.25) is 11.8 Å². The van der Waals surface area contributed by atoms with Crippen molar-refractivity contribution in [3.05, 3.63) is 36.2 Å². The summed E-state index contributed by atoms with van der Waals surface area (Å²) < 4.78 is 10.4. The molecule has 0 radical (unpaired) electrons. The molecule has 0 aliphatic rings. The molecule has 0 aliphatic carbocycles. The first-order chi connectivity index (χ1) is 8.74. The zero-order chi connectivity index (χ0) is 13.0. The molecule has 2 aromatic rings. The minimum absolute atomic E-state index is 0.192. The van der Waals surface area contributed by atoms with Gasteiger partial charge in [0.25, 0.3) is 0 Å². The number of nitrogens with zero attached hydrogens (tertiary/aromatic N) is 3. The van der Waals surface area contributed by atoms with Gasteiger partial charge in [0.15, 0.2) is 5.69 Å². The van der Waals surface area contributed by atoms with Crippen LogP contribution in [0.5, 0.6) is 17.5 Å². The van der Waals surface area contributed by atoms with Gasteiger partial charge in [-0.1, -0.05) is 6.07 Å². The van der Waals surface area contributed by atoms with E-state index in [2.05, 4.69) is 9.97 Å².